The topological polar surface area (TPSA) is 89.9 Å². The SMILES string of the molecule is CCOC(=O)[C@H]1CCCCN1CC(=O)N1N=C(c2ccc(OC)cc2OC)C[C@H]1c1ccc(OCC)cc1. The van der Waals surface area contributed by atoms with E-state index in [1.165, 1.54) is 0 Å². The summed E-state index contributed by atoms with van der Waals surface area (Å²) < 4.78 is 21.9. The average molecular weight is 524 g/mol. The fraction of sp³-hybridized carbons (Fsp3) is 0.483. The molecule has 9 nitrogen and oxygen atoms in total. The normalized spacial score (nSPS) is 19.6. The van der Waals surface area contributed by atoms with Crippen LogP contribution in [0.25, 0.3) is 0 Å². The van der Waals surface area contributed by atoms with Gasteiger partial charge in [-0.1, -0.05) is 18.6 Å². The molecular formula is C29H37N3O6. The van der Waals surface area contributed by atoms with Crippen LogP contribution in [0.3, 0.4) is 0 Å². The molecule has 0 radical (unpaired) electrons. The van der Waals surface area contributed by atoms with Gasteiger partial charge in [-0.3, -0.25) is 14.5 Å². The van der Waals surface area contributed by atoms with Crippen LogP contribution < -0.4 is 14.2 Å². The van der Waals surface area contributed by atoms with Gasteiger partial charge in [0.15, 0.2) is 0 Å². The number of piperidine rings is 1. The lowest BCUT2D eigenvalue weighted by molar-refractivity contribution is -0.152. The maximum atomic E-state index is 13.8. The summed E-state index contributed by atoms with van der Waals surface area (Å²) in [5.41, 5.74) is 2.51. The average Bonchev–Trinajstić information content (AvgIpc) is 3.39. The first-order valence-electron chi connectivity index (χ1n) is 13.2. The van der Waals surface area contributed by atoms with Gasteiger partial charge in [0.05, 0.1) is 45.7 Å². The smallest absolute Gasteiger partial charge is 0.323 e. The van der Waals surface area contributed by atoms with Crippen molar-refractivity contribution in [3.63, 3.8) is 0 Å². The minimum atomic E-state index is -0.413. The van der Waals surface area contributed by atoms with E-state index in [-0.39, 0.29) is 24.5 Å². The quantitative estimate of drug-likeness (QED) is 0.431. The zero-order valence-electron chi connectivity index (χ0n) is 22.6. The number of esters is 1. The maximum Gasteiger partial charge on any atom is 0.323 e. The zero-order valence-corrected chi connectivity index (χ0v) is 22.6. The van der Waals surface area contributed by atoms with E-state index < -0.39 is 6.04 Å². The van der Waals surface area contributed by atoms with Gasteiger partial charge in [-0.25, -0.2) is 5.01 Å². The van der Waals surface area contributed by atoms with E-state index in [4.69, 9.17) is 24.0 Å². The summed E-state index contributed by atoms with van der Waals surface area (Å²) in [5, 5.41) is 6.38. The molecule has 204 valence electrons. The Balaban J connectivity index is 1.64. The highest BCUT2D eigenvalue weighted by Gasteiger charge is 2.37. The molecule has 0 bridgehead atoms. The number of ether oxygens (including phenoxy) is 4. The first kappa shape index (κ1) is 27.4. The van der Waals surface area contributed by atoms with Crippen molar-refractivity contribution in [1.29, 1.82) is 0 Å². The van der Waals surface area contributed by atoms with Crippen molar-refractivity contribution in [1.82, 2.24) is 9.91 Å². The van der Waals surface area contributed by atoms with Gasteiger partial charge in [0.2, 0.25) is 0 Å². The minimum Gasteiger partial charge on any atom is -0.497 e. The van der Waals surface area contributed by atoms with Gasteiger partial charge in [0, 0.05) is 18.1 Å². The van der Waals surface area contributed by atoms with E-state index in [0.717, 1.165) is 35.4 Å². The van der Waals surface area contributed by atoms with Crippen molar-refractivity contribution in [2.75, 3.05) is 40.5 Å². The molecule has 2 atom stereocenters. The molecule has 2 aliphatic heterocycles. The fourth-order valence-corrected chi connectivity index (χ4v) is 5.08. The second kappa shape index (κ2) is 12.8. The second-order valence-electron chi connectivity index (χ2n) is 9.31. The summed E-state index contributed by atoms with van der Waals surface area (Å²) in [7, 11) is 3.21. The molecular weight excluding hydrogens is 486 g/mol. The first-order chi connectivity index (χ1) is 18.5. The van der Waals surface area contributed by atoms with Gasteiger partial charge in [0.1, 0.15) is 23.3 Å². The predicted molar refractivity (Wildman–Crippen MR) is 144 cm³/mol. The number of benzene rings is 2. The Morgan fingerprint density at radius 2 is 1.74 bits per heavy atom. The summed E-state index contributed by atoms with van der Waals surface area (Å²) >= 11 is 0. The summed E-state index contributed by atoms with van der Waals surface area (Å²) in [6.07, 6.45) is 3.07. The third-order valence-electron chi connectivity index (χ3n) is 6.97. The van der Waals surface area contributed by atoms with Gasteiger partial charge in [-0.2, -0.15) is 5.10 Å². The Morgan fingerprint density at radius 1 is 0.974 bits per heavy atom. The van der Waals surface area contributed by atoms with Crippen LogP contribution in [0, 0.1) is 0 Å². The molecule has 1 saturated heterocycles. The van der Waals surface area contributed by atoms with E-state index in [1.54, 1.807) is 26.2 Å². The van der Waals surface area contributed by atoms with E-state index in [9.17, 15) is 9.59 Å². The highest BCUT2D eigenvalue weighted by atomic mass is 16.5. The Labute approximate surface area is 224 Å². The van der Waals surface area contributed by atoms with E-state index >= 15 is 0 Å². The molecule has 2 aliphatic rings. The number of nitrogens with zero attached hydrogens (tertiary/aromatic N) is 3. The lowest BCUT2D eigenvalue weighted by Gasteiger charge is -2.34. The summed E-state index contributed by atoms with van der Waals surface area (Å²) in [4.78, 5) is 28.3. The van der Waals surface area contributed by atoms with Gasteiger partial charge < -0.3 is 18.9 Å². The molecule has 0 aromatic heterocycles. The third-order valence-corrected chi connectivity index (χ3v) is 6.97. The van der Waals surface area contributed by atoms with E-state index in [2.05, 4.69) is 0 Å². The number of amides is 1. The first-order valence-corrected chi connectivity index (χ1v) is 13.2. The Kier molecular flexibility index (Phi) is 9.23. The molecule has 1 fully saturated rings. The number of carbonyl (C=O) groups excluding carboxylic acids is 2. The maximum absolute atomic E-state index is 13.8. The minimum absolute atomic E-state index is 0.0908. The summed E-state index contributed by atoms with van der Waals surface area (Å²) in [6, 6.07) is 12.6. The number of hydrazone groups is 1. The van der Waals surface area contributed by atoms with Crippen molar-refractivity contribution in [2.24, 2.45) is 5.10 Å². The van der Waals surface area contributed by atoms with E-state index in [0.29, 0.717) is 44.1 Å². The molecule has 4 rings (SSSR count). The number of likely N-dealkylation sites (tertiary alicyclic amines) is 1. The van der Waals surface area contributed by atoms with Crippen molar-refractivity contribution in [2.45, 2.75) is 51.6 Å². The molecule has 1 amide bonds. The number of rotatable bonds is 10. The molecule has 9 heteroatoms. The van der Waals surface area contributed by atoms with Crippen LogP contribution in [0.4, 0.5) is 0 Å². The van der Waals surface area contributed by atoms with Crippen LogP contribution in [-0.2, 0) is 14.3 Å². The highest BCUT2D eigenvalue weighted by molar-refractivity contribution is 6.05. The van der Waals surface area contributed by atoms with E-state index in [1.807, 2.05) is 54.3 Å². The number of hydrogen-bond donors (Lipinski definition) is 0. The number of carbonyl (C=O) groups is 2. The van der Waals surface area contributed by atoms with Gasteiger partial charge >= 0.3 is 5.97 Å². The lowest BCUT2D eigenvalue weighted by atomic mass is 9.97. The van der Waals surface area contributed by atoms with Crippen LogP contribution >= 0.6 is 0 Å². The van der Waals surface area contributed by atoms with Crippen LogP contribution in [-0.4, -0.2) is 74.1 Å². The van der Waals surface area contributed by atoms with Crippen LogP contribution in [0.1, 0.15) is 56.7 Å². The van der Waals surface area contributed by atoms with Crippen LogP contribution in [0.2, 0.25) is 0 Å². The summed E-state index contributed by atoms with van der Waals surface area (Å²) in [6.45, 7) is 5.40. The molecule has 38 heavy (non-hydrogen) atoms. The molecule has 0 N–H and O–H groups in total. The third kappa shape index (κ3) is 6.10. The second-order valence-corrected chi connectivity index (χ2v) is 9.31. The van der Waals surface area contributed by atoms with Gasteiger partial charge in [0.25, 0.3) is 5.91 Å². The predicted octanol–water partition coefficient (Wildman–Crippen LogP) is 4.20. The van der Waals surface area contributed by atoms with Crippen molar-refractivity contribution in [3.8, 4) is 17.2 Å². The Hall–Kier alpha value is -3.59. The molecule has 0 aliphatic carbocycles. The Bertz CT molecular complexity index is 1150. The van der Waals surface area contributed by atoms with Gasteiger partial charge in [-0.05, 0) is 63.1 Å². The van der Waals surface area contributed by atoms with Crippen LogP contribution in [0.5, 0.6) is 17.2 Å². The largest absolute Gasteiger partial charge is 0.497 e. The summed E-state index contributed by atoms with van der Waals surface area (Å²) in [5.74, 6) is 1.64. The van der Waals surface area contributed by atoms with Crippen molar-refractivity contribution < 1.29 is 28.5 Å². The van der Waals surface area contributed by atoms with Crippen LogP contribution in [0.15, 0.2) is 47.6 Å². The van der Waals surface area contributed by atoms with Crippen molar-refractivity contribution in [3.05, 3.63) is 53.6 Å². The fourth-order valence-electron chi connectivity index (χ4n) is 5.08. The van der Waals surface area contributed by atoms with Crippen molar-refractivity contribution >= 4 is 17.6 Å². The molecule has 0 spiro atoms. The standard InChI is InChI=1S/C29H37N3O6/c1-5-37-21-12-10-20(11-13-21)26-18-24(23-15-14-22(35-3)17-27(23)36-4)30-32(26)28(33)19-31-16-8-7-9-25(31)29(34)38-6-2/h10-15,17,25-26H,5-9,16,18-19H2,1-4H3/t25-,26+/m1/s1. The monoisotopic (exact) mass is 523 g/mol. The highest BCUT2D eigenvalue weighted by Crippen LogP contribution is 2.37. The van der Waals surface area contributed by atoms with Gasteiger partial charge in [-0.15, -0.1) is 0 Å². The molecule has 2 heterocycles. The number of hydrogen-bond acceptors (Lipinski definition) is 8. The molecule has 0 saturated carbocycles. The lowest BCUT2D eigenvalue weighted by Crippen LogP contribution is -2.49. The molecule has 2 aromatic rings. The molecule has 2 aromatic carbocycles. The Morgan fingerprint density at radius 3 is 2.42 bits per heavy atom. The number of methoxy groups -OCH3 is 2. The molecule has 0 unspecified atom stereocenters. The zero-order chi connectivity index (χ0) is 27.1.